The predicted octanol–water partition coefficient (Wildman–Crippen LogP) is -2.28. The van der Waals surface area contributed by atoms with Crippen molar-refractivity contribution in [3.63, 3.8) is 0 Å². The van der Waals surface area contributed by atoms with Crippen molar-refractivity contribution in [1.29, 1.82) is 0 Å². The maximum Gasteiger partial charge on any atom is 0.110 e. The van der Waals surface area contributed by atoms with Crippen molar-refractivity contribution in [3.05, 3.63) is 0 Å². The predicted molar refractivity (Wildman–Crippen MR) is 47.8 cm³/mol. The molecule has 4 N–H and O–H groups in total. The maximum absolute atomic E-state index is 8.92. The molecule has 0 bridgehead atoms. The largest absolute Gasteiger partial charge is 0.394 e. The van der Waals surface area contributed by atoms with E-state index >= 15 is 0 Å². The molecule has 14 heavy (non-hydrogen) atoms. The number of hydrogen-bond acceptors (Lipinski definition) is 6. The van der Waals surface area contributed by atoms with Crippen molar-refractivity contribution in [1.82, 2.24) is 0 Å². The highest BCUT2D eigenvalue weighted by atomic mass is 16.5. The molecule has 0 aliphatic carbocycles. The molecule has 1 saturated heterocycles. The molecular formula is C8H18O6. The summed E-state index contributed by atoms with van der Waals surface area (Å²) in [4.78, 5) is 0. The minimum Gasteiger partial charge on any atom is -0.394 e. The van der Waals surface area contributed by atoms with Gasteiger partial charge in [-0.1, -0.05) is 0 Å². The summed E-state index contributed by atoms with van der Waals surface area (Å²) in [5, 5.41) is 34.1. The molecule has 6 nitrogen and oxygen atoms in total. The minimum atomic E-state index is -0.921. The lowest BCUT2D eigenvalue weighted by molar-refractivity contribution is -0.00588. The van der Waals surface area contributed by atoms with E-state index in [0.29, 0.717) is 6.61 Å². The molecule has 0 spiro atoms. The van der Waals surface area contributed by atoms with Gasteiger partial charge in [0.15, 0.2) is 0 Å². The second-order valence-electron chi connectivity index (χ2n) is 2.83. The van der Waals surface area contributed by atoms with Crippen LogP contribution in [0.2, 0.25) is 0 Å². The number of aliphatic hydroxyl groups is 4. The molecule has 0 saturated carbocycles. The summed E-state index contributed by atoms with van der Waals surface area (Å²) in [6.45, 7) is 0.446. The molecule has 3 atom stereocenters. The second kappa shape index (κ2) is 8.10. The normalized spacial score (nSPS) is 31.1. The summed E-state index contributed by atoms with van der Waals surface area (Å²) in [5.74, 6) is 0. The van der Waals surface area contributed by atoms with Crippen LogP contribution in [0.1, 0.15) is 0 Å². The monoisotopic (exact) mass is 210 g/mol. The average Bonchev–Trinajstić information content (AvgIpc) is 2.50. The van der Waals surface area contributed by atoms with Crippen LogP contribution in [-0.2, 0) is 9.47 Å². The molecule has 1 aliphatic heterocycles. The Hall–Kier alpha value is -0.240. The molecule has 1 rings (SSSR count). The summed E-state index contributed by atoms with van der Waals surface area (Å²) >= 11 is 0. The van der Waals surface area contributed by atoms with Crippen molar-refractivity contribution in [3.8, 4) is 0 Å². The molecular weight excluding hydrogens is 192 g/mol. The maximum atomic E-state index is 8.92. The smallest absolute Gasteiger partial charge is 0.110 e. The Morgan fingerprint density at radius 1 is 1.36 bits per heavy atom. The van der Waals surface area contributed by atoms with Gasteiger partial charge in [0.05, 0.1) is 26.4 Å². The van der Waals surface area contributed by atoms with E-state index in [1.54, 1.807) is 7.11 Å². The third-order valence-corrected chi connectivity index (χ3v) is 1.73. The topological polar surface area (TPSA) is 99.4 Å². The Labute approximate surface area is 82.7 Å². The van der Waals surface area contributed by atoms with Crippen LogP contribution in [0.25, 0.3) is 0 Å². The summed E-state index contributed by atoms with van der Waals surface area (Å²) in [5.41, 5.74) is 0. The molecule has 1 aliphatic rings. The summed E-state index contributed by atoms with van der Waals surface area (Å²) < 4.78 is 9.22. The molecule has 0 aromatic rings. The molecule has 1 heterocycles. The summed E-state index contributed by atoms with van der Waals surface area (Å²) in [7, 11) is 1.55. The van der Waals surface area contributed by atoms with Gasteiger partial charge in [0, 0.05) is 7.11 Å². The fraction of sp³-hybridized carbons (Fsp3) is 1.00. The molecule has 0 aromatic carbocycles. The zero-order valence-corrected chi connectivity index (χ0v) is 8.17. The van der Waals surface area contributed by atoms with Crippen LogP contribution in [0.15, 0.2) is 0 Å². The van der Waals surface area contributed by atoms with Crippen LogP contribution in [-0.4, -0.2) is 72.3 Å². The van der Waals surface area contributed by atoms with Crippen molar-refractivity contribution in [2.24, 2.45) is 0 Å². The molecule has 86 valence electrons. The molecule has 0 unspecified atom stereocenters. The minimum absolute atomic E-state index is 0.117. The Kier molecular flexibility index (Phi) is 7.96. The zero-order valence-electron chi connectivity index (χ0n) is 8.17. The van der Waals surface area contributed by atoms with Gasteiger partial charge in [-0.25, -0.2) is 0 Å². The zero-order chi connectivity index (χ0) is 11.0. The average molecular weight is 210 g/mol. The van der Waals surface area contributed by atoms with E-state index in [0.717, 1.165) is 0 Å². The van der Waals surface area contributed by atoms with E-state index < -0.39 is 18.3 Å². The van der Waals surface area contributed by atoms with Gasteiger partial charge in [0.25, 0.3) is 0 Å². The first-order valence-electron chi connectivity index (χ1n) is 4.35. The van der Waals surface area contributed by atoms with E-state index in [2.05, 4.69) is 4.74 Å². The third-order valence-electron chi connectivity index (χ3n) is 1.73. The molecule has 1 fully saturated rings. The Morgan fingerprint density at radius 2 is 2.00 bits per heavy atom. The van der Waals surface area contributed by atoms with Crippen molar-refractivity contribution >= 4 is 0 Å². The summed E-state index contributed by atoms with van der Waals surface area (Å²) in [6.07, 6.45) is -2.35. The lowest BCUT2D eigenvalue weighted by Gasteiger charge is -2.10. The first-order chi connectivity index (χ1) is 6.67. The van der Waals surface area contributed by atoms with Gasteiger partial charge in [-0.2, -0.15) is 0 Å². The van der Waals surface area contributed by atoms with E-state index in [4.69, 9.17) is 25.2 Å². The van der Waals surface area contributed by atoms with Gasteiger partial charge in [-0.3, -0.25) is 0 Å². The van der Waals surface area contributed by atoms with Crippen LogP contribution in [0.3, 0.4) is 0 Å². The highest BCUT2D eigenvalue weighted by Gasteiger charge is 2.33. The Bertz CT molecular complexity index is 129. The van der Waals surface area contributed by atoms with E-state index in [1.165, 1.54) is 0 Å². The number of methoxy groups -OCH3 is 1. The van der Waals surface area contributed by atoms with Crippen LogP contribution in [0.4, 0.5) is 0 Å². The fourth-order valence-electron chi connectivity index (χ4n) is 0.919. The Balaban J connectivity index is 0.000000292. The van der Waals surface area contributed by atoms with E-state index in [9.17, 15) is 0 Å². The van der Waals surface area contributed by atoms with Crippen LogP contribution < -0.4 is 0 Å². The second-order valence-corrected chi connectivity index (χ2v) is 2.83. The standard InChI is InChI=1S/C5H10O4.C3H8O2/c6-1-4-5(8)3(7)2-9-4;1-5-3-2-4/h3-8H,1-2H2;4H,2-3H2,1H3/t3-,4+,5-;/m0./s1. The highest BCUT2D eigenvalue weighted by Crippen LogP contribution is 2.12. The number of ether oxygens (including phenoxy) is 2. The van der Waals surface area contributed by atoms with Gasteiger partial charge in [-0.15, -0.1) is 0 Å². The van der Waals surface area contributed by atoms with Crippen molar-refractivity contribution in [2.45, 2.75) is 18.3 Å². The van der Waals surface area contributed by atoms with Gasteiger partial charge >= 0.3 is 0 Å². The van der Waals surface area contributed by atoms with Gasteiger partial charge in [-0.05, 0) is 0 Å². The first kappa shape index (κ1) is 13.8. The van der Waals surface area contributed by atoms with E-state index in [1.807, 2.05) is 0 Å². The van der Waals surface area contributed by atoms with Crippen LogP contribution in [0.5, 0.6) is 0 Å². The van der Waals surface area contributed by atoms with Gasteiger partial charge in [0.2, 0.25) is 0 Å². The van der Waals surface area contributed by atoms with Gasteiger partial charge < -0.3 is 29.9 Å². The highest BCUT2D eigenvalue weighted by molar-refractivity contribution is 4.81. The number of rotatable bonds is 3. The number of hydrogen-bond donors (Lipinski definition) is 4. The molecule has 0 amide bonds. The van der Waals surface area contributed by atoms with Crippen LogP contribution in [0, 0.1) is 0 Å². The lowest BCUT2D eigenvalue weighted by atomic mass is 10.2. The fourth-order valence-corrected chi connectivity index (χ4v) is 0.919. The molecule has 0 aromatic heterocycles. The van der Waals surface area contributed by atoms with E-state index in [-0.39, 0.29) is 19.8 Å². The molecule has 6 heteroatoms. The quantitative estimate of drug-likeness (QED) is 0.419. The summed E-state index contributed by atoms with van der Waals surface area (Å²) in [6, 6.07) is 0. The van der Waals surface area contributed by atoms with Crippen molar-refractivity contribution in [2.75, 3.05) is 33.5 Å². The Morgan fingerprint density at radius 3 is 2.14 bits per heavy atom. The third kappa shape index (κ3) is 4.85. The first-order valence-corrected chi connectivity index (χ1v) is 4.35. The van der Waals surface area contributed by atoms with Gasteiger partial charge in [0.1, 0.15) is 18.3 Å². The molecule has 0 radical (unpaired) electrons. The van der Waals surface area contributed by atoms with Crippen LogP contribution >= 0.6 is 0 Å². The lowest BCUT2D eigenvalue weighted by Crippen LogP contribution is -2.31. The number of aliphatic hydroxyl groups excluding tert-OH is 4. The SMILES string of the molecule is COCCO.OC[C@H]1OC[C@H](O)[C@@H]1O. The van der Waals surface area contributed by atoms with Crippen molar-refractivity contribution < 1.29 is 29.9 Å².